The number of halogens is 2. The van der Waals surface area contributed by atoms with Crippen LogP contribution in [-0.4, -0.2) is 36.5 Å². The molecule has 2 rings (SSSR count). The van der Waals surface area contributed by atoms with Gasteiger partial charge in [0, 0.05) is 19.0 Å². The molecular weight excluding hydrogens is 275 g/mol. The van der Waals surface area contributed by atoms with Crippen molar-refractivity contribution in [1.82, 2.24) is 4.90 Å². The van der Waals surface area contributed by atoms with Gasteiger partial charge < -0.3 is 15.4 Å². The van der Waals surface area contributed by atoms with E-state index in [1.54, 1.807) is 23.1 Å². The number of likely N-dealkylation sites (tertiary alicyclic amines) is 1. The van der Waals surface area contributed by atoms with Crippen LogP contribution < -0.4 is 10.5 Å². The first-order chi connectivity index (χ1) is 8.60. The predicted octanol–water partition coefficient (Wildman–Crippen LogP) is 1.93. The van der Waals surface area contributed by atoms with Crippen LogP contribution in [0.2, 0.25) is 10.0 Å². The van der Waals surface area contributed by atoms with Crippen molar-refractivity contribution in [3.63, 3.8) is 0 Å². The molecule has 1 aromatic carbocycles. The van der Waals surface area contributed by atoms with E-state index in [9.17, 15) is 4.79 Å². The number of amides is 1. The maximum Gasteiger partial charge on any atom is 0.236 e. The van der Waals surface area contributed by atoms with Crippen molar-refractivity contribution in [2.75, 3.05) is 19.6 Å². The molecule has 1 aliphatic heterocycles. The Labute approximate surface area is 116 Å². The molecule has 1 aliphatic rings. The lowest BCUT2D eigenvalue weighted by Gasteiger charge is -2.16. The third-order valence-corrected chi connectivity index (χ3v) is 3.61. The molecule has 1 amide bonds. The van der Waals surface area contributed by atoms with Crippen molar-refractivity contribution < 1.29 is 9.53 Å². The number of carbonyl (C=O) groups excluding carboxylic acids is 1. The normalized spacial score (nSPS) is 19.1. The zero-order chi connectivity index (χ0) is 13.1. The second-order valence-corrected chi connectivity index (χ2v) is 4.96. The molecule has 1 saturated heterocycles. The highest BCUT2D eigenvalue weighted by molar-refractivity contribution is 6.42. The Balaban J connectivity index is 1.95. The van der Waals surface area contributed by atoms with E-state index < -0.39 is 0 Å². The van der Waals surface area contributed by atoms with Crippen LogP contribution in [0, 0.1) is 0 Å². The van der Waals surface area contributed by atoms with Crippen molar-refractivity contribution in [2.45, 2.75) is 12.5 Å². The highest BCUT2D eigenvalue weighted by Crippen LogP contribution is 2.27. The first kappa shape index (κ1) is 13.5. The van der Waals surface area contributed by atoms with E-state index in [2.05, 4.69) is 0 Å². The number of ether oxygens (including phenoxy) is 1. The zero-order valence-corrected chi connectivity index (χ0v) is 11.2. The van der Waals surface area contributed by atoms with E-state index in [0.29, 0.717) is 28.9 Å². The fourth-order valence-corrected chi connectivity index (χ4v) is 2.21. The van der Waals surface area contributed by atoms with Crippen molar-refractivity contribution in [3.8, 4) is 5.75 Å². The highest BCUT2D eigenvalue weighted by Gasteiger charge is 2.26. The Hall–Kier alpha value is -0.970. The van der Waals surface area contributed by atoms with Crippen molar-refractivity contribution in [2.24, 2.45) is 5.73 Å². The van der Waals surface area contributed by atoms with Crippen LogP contribution in [0.15, 0.2) is 18.2 Å². The van der Waals surface area contributed by atoms with Crippen LogP contribution in [0.5, 0.6) is 5.75 Å². The topological polar surface area (TPSA) is 55.6 Å². The molecule has 1 aromatic rings. The summed E-state index contributed by atoms with van der Waals surface area (Å²) in [6.07, 6.45) is 0.782. The lowest BCUT2D eigenvalue weighted by molar-refractivity contribution is -0.128. The van der Waals surface area contributed by atoms with Crippen molar-refractivity contribution in [3.05, 3.63) is 28.2 Å². The molecule has 6 heteroatoms. The Morgan fingerprint density at radius 3 is 2.89 bits per heavy atom. The fraction of sp³-hybridized carbons (Fsp3) is 0.417. The molecule has 0 bridgehead atoms. The summed E-state index contributed by atoms with van der Waals surface area (Å²) in [7, 11) is 0. The molecule has 0 radical (unpaired) electrons. The molecule has 0 aliphatic carbocycles. The van der Waals surface area contributed by atoms with Crippen LogP contribution in [0.25, 0.3) is 0 Å². The van der Waals surface area contributed by atoms with Gasteiger partial charge in [-0.3, -0.25) is 4.79 Å². The number of nitrogens with two attached hydrogens (primary N) is 1. The molecule has 0 spiro atoms. The number of carbonyl (C=O) groups is 1. The van der Waals surface area contributed by atoms with Gasteiger partial charge in [0.1, 0.15) is 11.9 Å². The van der Waals surface area contributed by atoms with E-state index in [-0.39, 0.29) is 18.6 Å². The van der Waals surface area contributed by atoms with E-state index in [0.717, 1.165) is 6.42 Å². The lowest BCUT2D eigenvalue weighted by Crippen LogP contribution is -2.35. The highest BCUT2D eigenvalue weighted by atomic mass is 35.5. The minimum absolute atomic E-state index is 0.0160. The molecule has 4 nitrogen and oxygen atoms in total. The van der Waals surface area contributed by atoms with Gasteiger partial charge >= 0.3 is 0 Å². The Morgan fingerprint density at radius 2 is 2.22 bits per heavy atom. The summed E-state index contributed by atoms with van der Waals surface area (Å²) in [6, 6.07) is 5.13. The van der Waals surface area contributed by atoms with Crippen LogP contribution in [0.3, 0.4) is 0 Å². The molecule has 1 atom stereocenters. The third-order valence-electron chi connectivity index (χ3n) is 2.87. The van der Waals surface area contributed by atoms with Gasteiger partial charge in [-0.1, -0.05) is 23.2 Å². The lowest BCUT2D eigenvalue weighted by atomic mass is 10.3. The SMILES string of the molecule is NCC(=O)N1CC[C@@H](Oc2ccc(Cl)c(Cl)c2)C1. The number of hydrogen-bond acceptors (Lipinski definition) is 3. The van der Waals surface area contributed by atoms with Gasteiger partial charge in [-0.15, -0.1) is 0 Å². The summed E-state index contributed by atoms with van der Waals surface area (Å²) in [5.74, 6) is 0.617. The third kappa shape index (κ3) is 3.07. The smallest absolute Gasteiger partial charge is 0.236 e. The number of rotatable bonds is 3. The minimum Gasteiger partial charge on any atom is -0.488 e. The summed E-state index contributed by atoms with van der Waals surface area (Å²) in [5, 5.41) is 0.956. The summed E-state index contributed by atoms with van der Waals surface area (Å²) in [5.41, 5.74) is 5.32. The summed E-state index contributed by atoms with van der Waals surface area (Å²) in [6.45, 7) is 1.29. The largest absolute Gasteiger partial charge is 0.488 e. The standard InChI is InChI=1S/C12H14Cl2N2O2/c13-10-2-1-8(5-11(10)14)18-9-3-4-16(7-9)12(17)6-15/h1-2,5,9H,3-4,6-7,15H2/t9-/m1/s1. The summed E-state index contributed by atoms with van der Waals surface area (Å²) < 4.78 is 5.76. The first-order valence-corrected chi connectivity index (χ1v) is 6.45. The van der Waals surface area contributed by atoms with Gasteiger partial charge in [-0.2, -0.15) is 0 Å². The number of nitrogens with zero attached hydrogens (tertiary/aromatic N) is 1. The number of benzene rings is 1. The van der Waals surface area contributed by atoms with Crippen LogP contribution in [-0.2, 0) is 4.79 Å². The quantitative estimate of drug-likeness (QED) is 0.925. The second kappa shape index (κ2) is 5.78. The van der Waals surface area contributed by atoms with E-state index in [1.165, 1.54) is 0 Å². The average Bonchev–Trinajstić information content (AvgIpc) is 2.81. The van der Waals surface area contributed by atoms with Gasteiger partial charge in [-0.05, 0) is 12.1 Å². The van der Waals surface area contributed by atoms with Crippen LogP contribution >= 0.6 is 23.2 Å². The second-order valence-electron chi connectivity index (χ2n) is 4.15. The summed E-state index contributed by atoms with van der Waals surface area (Å²) >= 11 is 11.7. The Morgan fingerprint density at radius 1 is 1.44 bits per heavy atom. The number of hydrogen-bond donors (Lipinski definition) is 1. The monoisotopic (exact) mass is 288 g/mol. The molecular formula is C12H14Cl2N2O2. The van der Waals surface area contributed by atoms with E-state index in [1.807, 2.05) is 0 Å². The zero-order valence-electron chi connectivity index (χ0n) is 9.73. The maximum atomic E-state index is 11.4. The molecule has 18 heavy (non-hydrogen) atoms. The molecule has 1 heterocycles. The molecule has 1 fully saturated rings. The van der Waals surface area contributed by atoms with Gasteiger partial charge in [0.05, 0.1) is 23.1 Å². The molecule has 98 valence electrons. The van der Waals surface area contributed by atoms with Crippen molar-refractivity contribution >= 4 is 29.1 Å². The molecule has 0 aromatic heterocycles. The Kier molecular flexibility index (Phi) is 4.32. The minimum atomic E-state index is -0.0461. The predicted molar refractivity (Wildman–Crippen MR) is 71.1 cm³/mol. The van der Waals surface area contributed by atoms with Gasteiger partial charge in [0.15, 0.2) is 0 Å². The Bertz CT molecular complexity index is 454. The van der Waals surface area contributed by atoms with Crippen molar-refractivity contribution in [1.29, 1.82) is 0 Å². The molecule has 2 N–H and O–H groups in total. The average molecular weight is 289 g/mol. The van der Waals surface area contributed by atoms with Crippen LogP contribution in [0.4, 0.5) is 0 Å². The molecule has 0 saturated carbocycles. The van der Waals surface area contributed by atoms with E-state index in [4.69, 9.17) is 33.7 Å². The molecule has 0 unspecified atom stereocenters. The van der Waals surface area contributed by atoms with Crippen LogP contribution in [0.1, 0.15) is 6.42 Å². The van der Waals surface area contributed by atoms with Gasteiger partial charge in [0.2, 0.25) is 5.91 Å². The van der Waals surface area contributed by atoms with E-state index >= 15 is 0 Å². The van der Waals surface area contributed by atoms with Gasteiger partial charge in [0.25, 0.3) is 0 Å². The maximum absolute atomic E-state index is 11.4. The fourth-order valence-electron chi connectivity index (χ4n) is 1.92. The first-order valence-electron chi connectivity index (χ1n) is 5.69. The van der Waals surface area contributed by atoms with Gasteiger partial charge in [-0.25, -0.2) is 0 Å². The summed E-state index contributed by atoms with van der Waals surface area (Å²) in [4.78, 5) is 13.1.